The van der Waals surface area contributed by atoms with Crippen LogP contribution in [0.25, 0.3) is 0 Å². The van der Waals surface area contributed by atoms with E-state index in [-0.39, 0.29) is 19.0 Å². The van der Waals surface area contributed by atoms with Crippen LogP contribution in [0.2, 0.25) is 0 Å². The van der Waals surface area contributed by atoms with Crippen LogP contribution < -0.4 is 0 Å². The monoisotopic (exact) mass is 365 g/mol. The molecule has 0 amide bonds. The molecule has 2 rings (SSSR count). The van der Waals surface area contributed by atoms with E-state index in [1.165, 1.54) is 12.1 Å². The highest BCUT2D eigenvalue weighted by atomic mass is 79.9. The zero-order chi connectivity index (χ0) is 15.1. The lowest BCUT2D eigenvalue weighted by Crippen LogP contribution is -2.30. The second-order valence-electron chi connectivity index (χ2n) is 4.82. The number of halogens is 2. The van der Waals surface area contributed by atoms with Crippen molar-refractivity contribution in [3.63, 3.8) is 0 Å². The third-order valence-corrected chi connectivity index (χ3v) is 5.77. The molecule has 2 atom stereocenters. The first-order valence-electron chi connectivity index (χ1n) is 5.91. The normalized spacial score (nSPS) is 23.9. The Hall–Kier alpha value is -0.990. The molecule has 1 aromatic carbocycles. The molecule has 1 saturated heterocycles. The molecule has 5 nitrogen and oxygen atoms in total. The van der Waals surface area contributed by atoms with Crippen molar-refractivity contribution in [3.05, 3.63) is 28.5 Å². The summed E-state index contributed by atoms with van der Waals surface area (Å²) >= 11 is 3.06. The molecular formula is C12H13BrFNO4S. The van der Waals surface area contributed by atoms with E-state index >= 15 is 0 Å². The Bertz CT molecular complexity index is 649. The lowest BCUT2D eigenvalue weighted by atomic mass is 9.99. The summed E-state index contributed by atoms with van der Waals surface area (Å²) in [6.45, 7) is 1.62. The van der Waals surface area contributed by atoms with E-state index < -0.39 is 32.6 Å². The second-order valence-corrected chi connectivity index (χ2v) is 7.64. The van der Waals surface area contributed by atoms with E-state index in [1.54, 1.807) is 6.92 Å². The lowest BCUT2D eigenvalue weighted by molar-refractivity contribution is -0.142. The van der Waals surface area contributed by atoms with Crippen LogP contribution in [0.4, 0.5) is 4.39 Å². The summed E-state index contributed by atoms with van der Waals surface area (Å²) in [5, 5.41) is 9.03. The second kappa shape index (κ2) is 5.42. The molecule has 0 aliphatic carbocycles. The number of sulfonamides is 1. The molecule has 0 spiro atoms. The Morgan fingerprint density at radius 2 is 2.10 bits per heavy atom. The van der Waals surface area contributed by atoms with Crippen LogP contribution in [0.1, 0.15) is 6.92 Å². The Morgan fingerprint density at radius 1 is 1.45 bits per heavy atom. The van der Waals surface area contributed by atoms with E-state index in [0.717, 1.165) is 10.4 Å². The molecule has 2 unspecified atom stereocenters. The van der Waals surface area contributed by atoms with Crippen LogP contribution in [-0.2, 0) is 14.8 Å². The first kappa shape index (κ1) is 15.4. The van der Waals surface area contributed by atoms with Crippen LogP contribution >= 0.6 is 15.9 Å². The maximum absolute atomic E-state index is 13.8. The zero-order valence-corrected chi connectivity index (χ0v) is 13.0. The van der Waals surface area contributed by atoms with Crippen LogP contribution in [0.5, 0.6) is 0 Å². The van der Waals surface area contributed by atoms with Gasteiger partial charge < -0.3 is 5.11 Å². The number of carboxylic acids is 1. The number of nitrogens with zero attached hydrogens (tertiary/aromatic N) is 1. The van der Waals surface area contributed by atoms with Crippen LogP contribution in [0.3, 0.4) is 0 Å². The third-order valence-electron chi connectivity index (χ3n) is 3.41. The van der Waals surface area contributed by atoms with Gasteiger partial charge >= 0.3 is 5.97 Å². The maximum atomic E-state index is 13.8. The van der Waals surface area contributed by atoms with Gasteiger partial charge in [0.25, 0.3) is 0 Å². The molecule has 1 aliphatic heterocycles. The fourth-order valence-corrected chi connectivity index (χ4v) is 4.21. The molecule has 0 radical (unpaired) electrons. The standard InChI is InChI=1S/C12H13BrFNO4S/c1-7-5-15(6-9(7)12(16)17)20(18,19)11-3-2-8(13)4-10(11)14/h2-4,7,9H,5-6H2,1H3,(H,16,17). The SMILES string of the molecule is CC1CN(S(=O)(=O)c2ccc(Br)cc2F)CC1C(=O)O. The molecule has 20 heavy (non-hydrogen) atoms. The molecule has 1 aromatic rings. The molecular weight excluding hydrogens is 353 g/mol. The van der Waals surface area contributed by atoms with Gasteiger partial charge in [-0.2, -0.15) is 4.31 Å². The Morgan fingerprint density at radius 3 is 2.60 bits per heavy atom. The minimum absolute atomic E-state index is 0.0782. The van der Waals surface area contributed by atoms with E-state index in [0.29, 0.717) is 4.47 Å². The molecule has 0 bridgehead atoms. The molecule has 1 heterocycles. The van der Waals surface area contributed by atoms with E-state index in [4.69, 9.17) is 5.11 Å². The molecule has 1 fully saturated rings. The largest absolute Gasteiger partial charge is 0.481 e. The van der Waals surface area contributed by atoms with Gasteiger partial charge in [0.1, 0.15) is 10.7 Å². The predicted octanol–water partition coefficient (Wildman–Crippen LogP) is 1.93. The Labute approximate surface area is 124 Å². The van der Waals surface area contributed by atoms with Crippen molar-refractivity contribution in [2.45, 2.75) is 11.8 Å². The van der Waals surface area contributed by atoms with Crippen LogP contribution in [-0.4, -0.2) is 36.9 Å². The van der Waals surface area contributed by atoms with Gasteiger partial charge in [-0.3, -0.25) is 4.79 Å². The van der Waals surface area contributed by atoms with Gasteiger partial charge in [-0.15, -0.1) is 0 Å². The number of aliphatic carboxylic acids is 1. The van der Waals surface area contributed by atoms with Crippen molar-refractivity contribution in [3.8, 4) is 0 Å². The van der Waals surface area contributed by atoms with E-state index in [9.17, 15) is 17.6 Å². The summed E-state index contributed by atoms with van der Waals surface area (Å²) in [6.07, 6.45) is 0. The highest BCUT2D eigenvalue weighted by Crippen LogP contribution is 2.30. The molecule has 110 valence electrons. The van der Waals surface area contributed by atoms with Gasteiger partial charge in [0.15, 0.2) is 0 Å². The first-order chi connectivity index (χ1) is 9.23. The van der Waals surface area contributed by atoms with Gasteiger partial charge in [0.05, 0.1) is 5.92 Å². The van der Waals surface area contributed by atoms with Gasteiger partial charge in [-0.25, -0.2) is 12.8 Å². The fourth-order valence-electron chi connectivity index (χ4n) is 2.26. The van der Waals surface area contributed by atoms with Gasteiger partial charge in [0, 0.05) is 17.6 Å². The third kappa shape index (κ3) is 2.72. The number of hydrogen-bond acceptors (Lipinski definition) is 3. The number of hydrogen-bond donors (Lipinski definition) is 1. The minimum atomic E-state index is -4.01. The molecule has 8 heteroatoms. The van der Waals surface area contributed by atoms with Crippen molar-refractivity contribution in [2.24, 2.45) is 11.8 Å². The van der Waals surface area contributed by atoms with Gasteiger partial charge in [-0.1, -0.05) is 22.9 Å². The van der Waals surface area contributed by atoms with Crippen molar-refractivity contribution < 1.29 is 22.7 Å². The number of benzene rings is 1. The van der Waals surface area contributed by atoms with E-state index in [1.807, 2.05) is 0 Å². The van der Waals surface area contributed by atoms with Crippen molar-refractivity contribution in [2.75, 3.05) is 13.1 Å². The molecule has 1 aliphatic rings. The van der Waals surface area contributed by atoms with Crippen molar-refractivity contribution in [1.82, 2.24) is 4.31 Å². The first-order valence-corrected chi connectivity index (χ1v) is 8.15. The highest BCUT2D eigenvalue weighted by molar-refractivity contribution is 9.10. The maximum Gasteiger partial charge on any atom is 0.308 e. The summed E-state index contributed by atoms with van der Waals surface area (Å²) in [4.78, 5) is 10.6. The van der Waals surface area contributed by atoms with Gasteiger partial charge in [0.2, 0.25) is 10.0 Å². The summed E-state index contributed by atoms with van der Waals surface area (Å²) in [5.74, 6) is -2.96. The topological polar surface area (TPSA) is 74.7 Å². The molecule has 1 N–H and O–H groups in total. The number of carboxylic acid groups (broad SMARTS) is 1. The Kier molecular flexibility index (Phi) is 4.17. The fraction of sp³-hybridized carbons (Fsp3) is 0.417. The predicted molar refractivity (Wildman–Crippen MR) is 73.1 cm³/mol. The van der Waals surface area contributed by atoms with Crippen LogP contribution in [0.15, 0.2) is 27.6 Å². The van der Waals surface area contributed by atoms with Crippen molar-refractivity contribution >= 4 is 31.9 Å². The summed E-state index contributed by atoms with van der Waals surface area (Å²) in [5.41, 5.74) is 0. The molecule has 0 aromatic heterocycles. The minimum Gasteiger partial charge on any atom is -0.481 e. The number of carbonyl (C=O) groups is 1. The van der Waals surface area contributed by atoms with E-state index in [2.05, 4.69) is 15.9 Å². The summed E-state index contributed by atoms with van der Waals surface area (Å²) in [7, 11) is -4.01. The highest BCUT2D eigenvalue weighted by Gasteiger charge is 2.41. The average Bonchev–Trinajstić information content (AvgIpc) is 2.71. The molecule has 0 saturated carbocycles. The lowest BCUT2D eigenvalue weighted by Gasteiger charge is -2.16. The summed E-state index contributed by atoms with van der Waals surface area (Å²) in [6, 6.07) is 3.68. The smallest absolute Gasteiger partial charge is 0.308 e. The summed E-state index contributed by atoms with van der Waals surface area (Å²) < 4.78 is 40.0. The number of rotatable bonds is 3. The Balaban J connectivity index is 2.35. The zero-order valence-electron chi connectivity index (χ0n) is 10.6. The van der Waals surface area contributed by atoms with Gasteiger partial charge in [-0.05, 0) is 24.1 Å². The van der Waals surface area contributed by atoms with Crippen molar-refractivity contribution in [1.29, 1.82) is 0 Å². The van der Waals surface area contributed by atoms with Crippen LogP contribution in [0, 0.1) is 17.7 Å². The average molecular weight is 366 g/mol. The quantitative estimate of drug-likeness (QED) is 0.887.